The van der Waals surface area contributed by atoms with Crippen LogP contribution in [0.4, 0.5) is 0 Å². The van der Waals surface area contributed by atoms with Gasteiger partial charge in [-0.15, -0.1) is 12.3 Å². The van der Waals surface area contributed by atoms with E-state index in [4.69, 9.17) is 6.42 Å². The predicted octanol–water partition coefficient (Wildman–Crippen LogP) is 2.66. The highest BCUT2D eigenvalue weighted by molar-refractivity contribution is 5.40. The van der Waals surface area contributed by atoms with E-state index in [0.717, 1.165) is 5.56 Å². The largest absolute Gasteiger partial charge is 0.120 e. The molecule has 1 radical (unpaired) electrons. The van der Waals surface area contributed by atoms with Gasteiger partial charge >= 0.3 is 0 Å². The molecule has 0 saturated carbocycles. The quantitative estimate of drug-likeness (QED) is 0.550. The minimum Gasteiger partial charge on any atom is -0.120 e. The highest BCUT2D eigenvalue weighted by Crippen LogP contribution is 2.15. The Hall–Kier alpha value is -1.22. The smallest absolute Gasteiger partial charge is 0.0337 e. The van der Waals surface area contributed by atoms with Crippen molar-refractivity contribution in [3.8, 4) is 12.3 Å². The van der Waals surface area contributed by atoms with Gasteiger partial charge in [0.25, 0.3) is 0 Å². The van der Waals surface area contributed by atoms with Crippen LogP contribution in [0, 0.1) is 33.1 Å². The minimum atomic E-state index is 0.710. The Morgan fingerprint density at radius 1 is 1.33 bits per heavy atom. The minimum absolute atomic E-state index is 0.710. The molecule has 12 heavy (non-hydrogen) atoms. The molecule has 0 aliphatic carbocycles. The van der Waals surface area contributed by atoms with Gasteiger partial charge in [-0.1, -0.05) is 12.1 Å². The van der Waals surface area contributed by atoms with Gasteiger partial charge in [-0.3, -0.25) is 0 Å². The van der Waals surface area contributed by atoms with Crippen LogP contribution in [0.25, 0.3) is 0 Å². The van der Waals surface area contributed by atoms with Crippen molar-refractivity contribution in [2.24, 2.45) is 0 Å². The molecule has 0 heterocycles. The van der Waals surface area contributed by atoms with E-state index in [1.165, 1.54) is 16.7 Å². The third-order valence-electron chi connectivity index (χ3n) is 2.06. The monoisotopic (exact) mass is 157 g/mol. The number of hydrogen-bond acceptors (Lipinski definition) is 0. The molecular formula is C12H13. The van der Waals surface area contributed by atoms with Crippen molar-refractivity contribution in [1.29, 1.82) is 0 Å². The summed E-state index contributed by atoms with van der Waals surface area (Å²) in [6.45, 7) is 8.10. The summed E-state index contributed by atoms with van der Waals surface area (Å²) < 4.78 is 0. The summed E-state index contributed by atoms with van der Waals surface area (Å²) in [5.41, 5.74) is 4.77. The first kappa shape index (κ1) is 8.87. The fraction of sp³-hybridized carbons (Fsp3) is 0.250. The van der Waals surface area contributed by atoms with E-state index in [9.17, 15) is 0 Å². The molecule has 0 atom stereocenters. The van der Waals surface area contributed by atoms with Gasteiger partial charge in [0.2, 0.25) is 0 Å². The van der Waals surface area contributed by atoms with E-state index < -0.39 is 0 Å². The van der Waals surface area contributed by atoms with Gasteiger partial charge in [0, 0.05) is 6.42 Å². The van der Waals surface area contributed by atoms with Crippen molar-refractivity contribution in [3.05, 3.63) is 41.3 Å². The topological polar surface area (TPSA) is 0 Å². The zero-order chi connectivity index (χ0) is 9.14. The summed E-state index contributed by atoms with van der Waals surface area (Å²) in [6.07, 6.45) is 5.94. The number of terminal acetylenes is 1. The van der Waals surface area contributed by atoms with Crippen LogP contribution < -0.4 is 0 Å². The van der Waals surface area contributed by atoms with E-state index in [1.807, 2.05) is 0 Å². The number of rotatable bonds is 1. The van der Waals surface area contributed by atoms with E-state index in [1.54, 1.807) is 0 Å². The summed E-state index contributed by atoms with van der Waals surface area (Å²) >= 11 is 0. The van der Waals surface area contributed by atoms with Crippen LogP contribution in [-0.4, -0.2) is 0 Å². The van der Waals surface area contributed by atoms with Crippen molar-refractivity contribution in [1.82, 2.24) is 0 Å². The SMILES string of the molecule is C#CCc1cc(C)c([CH2])c(C)c1. The van der Waals surface area contributed by atoms with Crippen LogP contribution in [0.2, 0.25) is 0 Å². The van der Waals surface area contributed by atoms with Crippen LogP contribution in [0.1, 0.15) is 22.3 Å². The molecule has 1 aromatic carbocycles. The second kappa shape index (κ2) is 3.45. The van der Waals surface area contributed by atoms with Gasteiger partial charge in [-0.2, -0.15) is 0 Å². The zero-order valence-electron chi connectivity index (χ0n) is 7.65. The van der Waals surface area contributed by atoms with Gasteiger partial charge in [0.1, 0.15) is 0 Å². The first-order chi connectivity index (χ1) is 5.65. The lowest BCUT2D eigenvalue weighted by Gasteiger charge is -2.06. The lowest BCUT2D eigenvalue weighted by molar-refractivity contribution is 1.23. The van der Waals surface area contributed by atoms with E-state index in [2.05, 4.69) is 38.8 Å². The van der Waals surface area contributed by atoms with Gasteiger partial charge in [-0.25, -0.2) is 0 Å². The highest BCUT2D eigenvalue weighted by Gasteiger charge is 1.99. The molecule has 0 N–H and O–H groups in total. The molecule has 0 spiro atoms. The standard InChI is InChI=1S/C12H13/c1-5-6-12-7-9(2)11(4)10(3)8-12/h1,7-8H,4,6H2,2-3H3. The Bertz CT molecular complexity index is 303. The fourth-order valence-corrected chi connectivity index (χ4v) is 1.30. The first-order valence-corrected chi connectivity index (χ1v) is 4.00. The summed E-state index contributed by atoms with van der Waals surface area (Å²) in [7, 11) is 0. The molecule has 0 aromatic heterocycles. The Labute approximate surface area is 74.6 Å². The van der Waals surface area contributed by atoms with Crippen LogP contribution in [0.15, 0.2) is 12.1 Å². The summed E-state index contributed by atoms with van der Waals surface area (Å²) in [4.78, 5) is 0. The molecule has 1 rings (SSSR count). The van der Waals surface area contributed by atoms with Gasteiger partial charge in [0.15, 0.2) is 0 Å². The zero-order valence-corrected chi connectivity index (χ0v) is 7.65. The van der Waals surface area contributed by atoms with Crippen molar-refractivity contribution in [3.63, 3.8) is 0 Å². The van der Waals surface area contributed by atoms with E-state index in [-0.39, 0.29) is 0 Å². The maximum absolute atomic E-state index is 5.23. The second-order valence-corrected chi connectivity index (χ2v) is 3.09. The molecule has 0 fully saturated rings. The molecule has 0 aliphatic rings. The summed E-state index contributed by atoms with van der Waals surface area (Å²) in [5.74, 6) is 2.64. The second-order valence-electron chi connectivity index (χ2n) is 3.09. The normalized spacial score (nSPS) is 9.50. The molecule has 0 aliphatic heterocycles. The van der Waals surface area contributed by atoms with Crippen molar-refractivity contribution >= 4 is 0 Å². The molecular weight excluding hydrogens is 144 g/mol. The van der Waals surface area contributed by atoms with E-state index in [0.29, 0.717) is 6.42 Å². The Balaban J connectivity index is 3.14. The van der Waals surface area contributed by atoms with Gasteiger partial charge < -0.3 is 0 Å². The third kappa shape index (κ3) is 1.68. The van der Waals surface area contributed by atoms with Crippen molar-refractivity contribution in [2.75, 3.05) is 0 Å². The fourth-order valence-electron chi connectivity index (χ4n) is 1.30. The number of benzene rings is 1. The van der Waals surface area contributed by atoms with Crippen LogP contribution in [-0.2, 0) is 6.42 Å². The number of aryl methyl sites for hydroxylation is 2. The molecule has 0 saturated heterocycles. The van der Waals surface area contributed by atoms with Crippen molar-refractivity contribution in [2.45, 2.75) is 20.3 Å². The van der Waals surface area contributed by atoms with Gasteiger partial charge in [0.05, 0.1) is 0 Å². The predicted molar refractivity (Wildman–Crippen MR) is 52.9 cm³/mol. The van der Waals surface area contributed by atoms with Gasteiger partial charge in [-0.05, 0) is 43.0 Å². The molecule has 0 amide bonds. The van der Waals surface area contributed by atoms with Crippen molar-refractivity contribution < 1.29 is 0 Å². The van der Waals surface area contributed by atoms with Crippen LogP contribution in [0.5, 0.6) is 0 Å². The maximum Gasteiger partial charge on any atom is 0.0337 e. The maximum atomic E-state index is 5.23. The highest BCUT2D eigenvalue weighted by atomic mass is 14.0. The van der Waals surface area contributed by atoms with E-state index >= 15 is 0 Å². The Kier molecular flexibility index (Phi) is 2.55. The average Bonchev–Trinajstić information content (AvgIpc) is 2.01. The molecule has 0 nitrogen and oxygen atoms in total. The lowest BCUT2D eigenvalue weighted by Crippen LogP contribution is -1.90. The molecule has 61 valence electrons. The summed E-state index contributed by atoms with van der Waals surface area (Å²) in [5, 5.41) is 0. The molecule has 1 aromatic rings. The lowest BCUT2D eigenvalue weighted by atomic mass is 9.99. The van der Waals surface area contributed by atoms with Crippen LogP contribution >= 0.6 is 0 Å². The van der Waals surface area contributed by atoms with Crippen LogP contribution in [0.3, 0.4) is 0 Å². The number of hydrogen-bond donors (Lipinski definition) is 0. The third-order valence-corrected chi connectivity index (χ3v) is 2.06. The molecule has 0 unspecified atom stereocenters. The first-order valence-electron chi connectivity index (χ1n) is 4.00. The average molecular weight is 157 g/mol. The Morgan fingerprint density at radius 2 is 1.83 bits per heavy atom. The Morgan fingerprint density at radius 3 is 2.25 bits per heavy atom. The molecule has 0 bridgehead atoms. The molecule has 0 heteroatoms. The summed E-state index contributed by atoms with van der Waals surface area (Å²) in [6, 6.07) is 4.21.